The van der Waals surface area contributed by atoms with Crippen LogP contribution >= 0.6 is 0 Å². The second kappa shape index (κ2) is 14.3. The minimum Gasteiger partial charge on any atom is -0.457 e. The number of rotatable bonds is 15. The Balaban J connectivity index is 2.22. The van der Waals surface area contributed by atoms with Crippen LogP contribution in [0.1, 0.15) is 78.1 Å². The van der Waals surface area contributed by atoms with E-state index in [9.17, 15) is 24.9 Å². The number of aliphatic hydroxyl groups excluding tert-OH is 3. The molecule has 4 N–H and O–H groups in total. The quantitative estimate of drug-likeness (QED) is 0.182. The number of carbonyl (C=O) groups excluding carboxylic acids is 2. The summed E-state index contributed by atoms with van der Waals surface area (Å²) < 4.78 is 5.16. The molecule has 4 atom stereocenters. The van der Waals surface area contributed by atoms with Gasteiger partial charge in [0.2, 0.25) is 5.91 Å². The number of esters is 1. The number of ether oxygens (including phenoxy) is 1. The molecule has 1 saturated heterocycles. The number of carbonyl (C=O) groups is 2. The fraction of sp³-hybridized carbons (Fsp3) is 0.739. The summed E-state index contributed by atoms with van der Waals surface area (Å²) in [5.41, 5.74) is -1.78. The molecule has 0 bridgehead atoms. The lowest BCUT2D eigenvalue weighted by Gasteiger charge is -2.27. The third-order valence-corrected chi connectivity index (χ3v) is 5.37. The van der Waals surface area contributed by atoms with Crippen molar-refractivity contribution in [3.8, 4) is 0 Å². The molecule has 0 aromatic carbocycles. The molecule has 0 unspecified atom stereocenters. The lowest BCUT2D eigenvalue weighted by molar-refractivity contribution is -0.149. The van der Waals surface area contributed by atoms with Gasteiger partial charge >= 0.3 is 5.97 Å². The van der Waals surface area contributed by atoms with E-state index in [4.69, 9.17) is 4.74 Å². The van der Waals surface area contributed by atoms with Crippen LogP contribution in [-0.4, -0.2) is 57.7 Å². The molecular formula is C23H39NO6. The van der Waals surface area contributed by atoms with Crippen LogP contribution in [0.5, 0.6) is 0 Å². The highest BCUT2D eigenvalue weighted by Gasteiger charge is 2.57. The molecule has 0 radical (unpaired) electrons. The fourth-order valence-corrected chi connectivity index (χ4v) is 3.56. The molecule has 172 valence electrons. The zero-order valence-corrected chi connectivity index (χ0v) is 18.4. The predicted octanol–water partition coefficient (Wildman–Crippen LogP) is 2.53. The number of amides is 1. The highest BCUT2D eigenvalue weighted by molar-refractivity contribution is 5.90. The number of cyclic esters (lactones) is 1. The van der Waals surface area contributed by atoms with Gasteiger partial charge in [0.1, 0.15) is 12.2 Å². The molecule has 0 aromatic heterocycles. The van der Waals surface area contributed by atoms with Crippen LogP contribution in [0.4, 0.5) is 0 Å². The maximum absolute atomic E-state index is 12.0. The first kappa shape index (κ1) is 26.3. The van der Waals surface area contributed by atoms with Gasteiger partial charge in [0.05, 0.1) is 12.7 Å². The average molecular weight is 426 g/mol. The van der Waals surface area contributed by atoms with Crippen molar-refractivity contribution < 1.29 is 29.6 Å². The van der Waals surface area contributed by atoms with Gasteiger partial charge in [0.25, 0.3) is 0 Å². The standard InChI is InChI=1S/C23H39NO6/c1-3-4-5-11-14-19(27)15-12-9-7-6-8-10-13-16-20-21(28)23(17-25,22(29)30-20)24-18(2)26/h10,12-13,15,19-21,25,27-28H,3-9,11,14,16-17H2,1-2H3,(H,24,26)/b13-10+,15-12+/t19-,20-,21+,23+/m1/s1. The zero-order valence-electron chi connectivity index (χ0n) is 18.4. The summed E-state index contributed by atoms with van der Waals surface area (Å²) in [5, 5.41) is 32.1. The predicted molar refractivity (Wildman–Crippen MR) is 116 cm³/mol. The largest absolute Gasteiger partial charge is 0.457 e. The van der Waals surface area contributed by atoms with Gasteiger partial charge in [-0.05, 0) is 32.1 Å². The minimum atomic E-state index is -1.78. The van der Waals surface area contributed by atoms with Crippen LogP contribution in [0, 0.1) is 0 Å². The lowest BCUT2D eigenvalue weighted by atomic mass is 9.91. The number of hydrogen-bond acceptors (Lipinski definition) is 6. The SMILES string of the molecule is CCCCCC[C@@H](O)/C=C/CCCC/C=C/C[C@H]1OC(=O)[C@@](CO)(NC(C)=O)[C@H]1O. The van der Waals surface area contributed by atoms with E-state index < -0.39 is 36.2 Å². The number of allylic oxidation sites excluding steroid dienone is 2. The monoisotopic (exact) mass is 425 g/mol. The molecule has 7 nitrogen and oxygen atoms in total. The summed E-state index contributed by atoms with van der Waals surface area (Å²) in [7, 11) is 0. The average Bonchev–Trinajstić information content (AvgIpc) is 2.94. The second-order valence-corrected chi connectivity index (χ2v) is 8.04. The number of hydrogen-bond donors (Lipinski definition) is 4. The van der Waals surface area contributed by atoms with Crippen molar-refractivity contribution in [3.05, 3.63) is 24.3 Å². The summed E-state index contributed by atoms with van der Waals surface area (Å²) in [6, 6.07) is 0. The molecule has 0 spiro atoms. The van der Waals surface area contributed by atoms with E-state index >= 15 is 0 Å². The van der Waals surface area contributed by atoms with Crippen molar-refractivity contribution in [2.45, 2.75) is 102 Å². The van der Waals surface area contributed by atoms with E-state index in [1.165, 1.54) is 26.2 Å². The van der Waals surface area contributed by atoms with Gasteiger partial charge in [-0.2, -0.15) is 0 Å². The Labute approximate surface area is 180 Å². The van der Waals surface area contributed by atoms with Crippen LogP contribution in [0.15, 0.2) is 24.3 Å². The van der Waals surface area contributed by atoms with Crippen LogP contribution in [0.25, 0.3) is 0 Å². The Kier molecular flexibility index (Phi) is 12.6. The van der Waals surface area contributed by atoms with E-state index in [1.54, 1.807) is 0 Å². The summed E-state index contributed by atoms with van der Waals surface area (Å²) in [6.45, 7) is 2.68. The summed E-state index contributed by atoms with van der Waals surface area (Å²) in [6.07, 6.45) is 14.9. The zero-order chi connectivity index (χ0) is 22.4. The van der Waals surface area contributed by atoms with Crippen molar-refractivity contribution in [2.24, 2.45) is 0 Å². The first-order valence-electron chi connectivity index (χ1n) is 11.2. The molecule has 30 heavy (non-hydrogen) atoms. The van der Waals surface area contributed by atoms with Crippen molar-refractivity contribution in [2.75, 3.05) is 6.61 Å². The maximum Gasteiger partial charge on any atom is 0.337 e. The fourth-order valence-electron chi connectivity index (χ4n) is 3.56. The van der Waals surface area contributed by atoms with Gasteiger partial charge in [-0.1, -0.05) is 56.9 Å². The second-order valence-electron chi connectivity index (χ2n) is 8.04. The van der Waals surface area contributed by atoms with E-state index in [1.807, 2.05) is 24.3 Å². The number of nitrogens with one attached hydrogen (secondary N) is 1. The number of aliphatic hydroxyl groups is 3. The van der Waals surface area contributed by atoms with Gasteiger partial charge in [0.15, 0.2) is 5.54 Å². The van der Waals surface area contributed by atoms with Crippen molar-refractivity contribution >= 4 is 11.9 Å². The van der Waals surface area contributed by atoms with E-state index in [2.05, 4.69) is 12.2 Å². The molecule has 1 aliphatic heterocycles. The maximum atomic E-state index is 12.0. The Bertz CT molecular complexity index is 576. The van der Waals surface area contributed by atoms with E-state index in [0.717, 1.165) is 38.5 Å². The van der Waals surface area contributed by atoms with Gasteiger partial charge in [-0.15, -0.1) is 0 Å². The minimum absolute atomic E-state index is 0.318. The summed E-state index contributed by atoms with van der Waals surface area (Å²) in [4.78, 5) is 23.4. The highest BCUT2D eigenvalue weighted by Crippen LogP contribution is 2.28. The van der Waals surface area contributed by atoms with E-state index in [0.29, 0.717) is 6.42 Å². The Morgan fingerprint density at radius 3 is 2.50 bits per heavy atom. The van der Waals surface area contributed by atoms with Crippen molar-refractivity contribution in [1.29, 1.82) is 0 Å². The van der Waals surface area contributed by atoms with Crippen LogP contribution in [0.2, 0.25) is 0 Å². The molecule has 0 saturated carbocycles. The topological polar surface area (TPSA) is 116 Å². The van der Waals surface area contributed by atoms with Crippen LogP contribution < -0.4 is 5.32 Å². The van der Waals surface area contributed by atoms with Crippen LogP contribution in [0.3, 0.4) is 0 Å². The molecule has 7 heteroatoms. The molecule has 0 aliphatic carbocycles. The summed E-state index contributed by atoms with van der Waals surface area (Å²) >= 11 is 0. The Morgan fingerprint density at radius 1 is 1.17 bits per heavy atom. The van der Waals surface area contributed by atoms with Crippen molar-refractivity contribution in [3.63, 3.8) is 0 Å². The van der Waals surface area contributed by atoms with Gasteiger partial charge < -0.3 is 25.4 Å². The smallest absolute Gasteiger partial charge is 0.337 e. The Hall–Kier alpha value is -1.70. The Morgan fingerprint density at radius 2 is 1.87 bits per heavy atom. The molecule has 0 aromatic rings. The number of unbranched alkanes of at least 4 members (excludes halogenated alkanes) is 6. The van der Waals surface area contributed by atoms with E-state index in [-0.39, 0.29) is 6.10 Å². The first-order chi connectivity index (χ1) is 14.4. The van der Waals surface area contributed by atoms with Gasteiger partial charge in [-0.3, -0.25) is 4.79 Å². The van der Waals surface area contributed by atoms with Gasteiger partial charge in [0, 0.05) is 13.3 Å². The highest BCUT2D eigenvalue weighted by atomic mass is 16.6. The third-order valence-electron chi connectivity index (χ3n) is 5.37. The van der Waals surface area contributed by atoms with Crippen LogP contribution in [-0.2, 0) is 14.3 Å². The third kappa shape index (κ3) is 8.58. The van der Waals surface area contributed by atoms with Gasteiger partial charge in [-0.25, -0.2) is 4.79 Å². The molecule has 1 aliphatic rings. The molecule has 1 amide bonds. The molecule has 1 fully saturated rings. The lowest BCUT2D eigenvalue weighted by Crippen LogP contribution is -2.61. The van der Waals surface area contributed by atoms with Crippen molar-refractivity contribution in [1.82, 2.24) is 5.32 Å². The molecule has 1 rings (SSSR count). The first-order valence-corrected chi connectivity index (χ1v) is 11.2. The normalized spacial score (nSPS) is 25.2. The molecule has 1 heterocycles. The molecular weight excluding hydrogens is 386 g/mol. The summed E-state index contributed by atoms with van der Waals surface area (Å²) in [5.74, 6) is -1.33.